The quantitative estimate of drug-likeness (QED) is 0.925. The lowest BCUT2D eigenvalue weighted by Gasteiger charge is -2.39. The standard InChI is InChI=1S/C14H13Cl2NO4/c15-8-3-7(4-9(16)5-8)12-13(14(19)20)21-6-11(18)17(12)10-1-2-10/h3-5,10,12-13H,1-2,6H2,(H,19,20). The van der Waals surface area contributed by atoms with E-state index in [1.54, 1.807) is 23.1 Å². The molecule has 1 saturated carbocycles. The van der Waals surface area contributed by atoms with Gasteiger partial charge in [0.1, 0.15) is 6.61 Å². The van der Waals surface area contributed by atoms with Gasteiger partial charge in [0.2, 0.25) is 5.91 Å². The van der Waals surface area contributed by atoms with Crippen molar-refractivity contribution in [2.24, 2.45) is 0 Å². The van der Waals surface area contributed by atoms with Gasteiger partial charge in [0.15, 0.2) is 6.10 Å². The predicted octanol–water partition coefficient (Wildman–Crippen LogP) is 2.51. The van der Waals surface area contributed by atoms with Crippen LogP contribution in [0.25, 0.3) is 0 Å². The molecular weight excluding hydrogens is 317 g/mol. The molecule has 0 radical (unpaired) electrons. The Morgan fingerprint density at radius 3 is 2.38 bits per heavy atom. The van der Waals surface area contributed by atoms with Crippen LogP contribution in [0.2, 0.25) is 10.0 Å². The maximum atomic E-state index is 12.1. The molecule has 3 rings (SSSR count). The van der Waals surface area contributed by atoms with E-state index in [1.165, 1.54) is 0 Å². The first-order valence-corrected chi connectivity index (χ1v) is 7.34. The summed E-state index contributed by atoms with van der Waals surface area (Å²) in [4.78, 5) is 25.2. The lowest BCUT2D eigenvalue weighted by Crippen LogP contribution is -2.52. The third kappa shape index (κ3) is 2.86. The van der Waals surface area contributed by atoms with Crippen LogP contribution in [-0.4, -0.2) is 40.6 Å². The molecule has 1 aromatic rings. The van der Waals surface area contributed by atoms with Crippen molar-refractivity contribution in [2.75, 3.05) is 6.61 Å². The lowest BCUT2D eigenvalue weighted by molar-refractivity contribution is -0.174. The van der Waals surface area contributed by atoms with E-state index in [2.05, 4.69) is 0 Å². The molecule has 7 heteroatoms. The second-order valence-corrected chi connectivity index (χ2v) is 6.12. The van der Waals surface area contributed by atoms with Crippen LogP contribution in [0.3, 0.4) is 0 Å². The molecule has 1 saturated heterocycles. The summed E-state index contributed by atoms with van der Waals surface area (Å²) in [6.45, 7) is -0.210. The number of halogens is 2. The minimum Gasteiger partial charge on any atom is -0.479 e. The van der Waals surface area contributed by atoms with Crippen LogP contribution in [0.4, 0.5) is 0 Å². The number of morpholine rings is 1. The molecule has 1 aromatic carbocycles. The average Bonchev–Trinajstić information content (AvgIpc) is 3.20. The van der Waals surface area contributed by atoms with Crippen LogP contribution in [-0.2, 0) is 14.3 Å². The molecule has 5 nitrogen and oxygen atoms in total. The first-order valence-electron chi connectivity index (χ1n) is 6.59. The third-order valence-corrected chi connectivity index (χ3v) is 4.11. The Labute approximate surface area is 131 Å². The number of carbonyl (C=O) groups is 2. The van der Waals surface area contributed by atoms with Crippen molar-refractivity contribution >= 4 is 35.1 Å². The van der Waals surface area contributed by atoms with Gasteiger partial charge in [0.05, 0.1) is 6.04 Å². The van der Waals surface area contributed by atoms with Gasteiger partial charge < -0.3 is 14.7 Å². The maximum Gasteiger partial charge on any atom is 0.335 e. The SMILES string of the molecule is O=C(O)C1OCC(=O)N(C2CC2)C1c1cc(Cl)cc(Cl)c1. The highest BCUT2D eigenvalue weighted by atomic mass is 35.5. The van der Waals surface area contributed by atoms with E-state index < -0.39 is 18.1 Å². The monoisotopic (exact) mass is 329 g/mol. The molecule has 1 aliphatic heterocycles. The Bertz CT molecular complexity index is 582. The molecule has 1 aliphatic carbocycles. The summed E-state index contributed by atoms with van der Waals surface area (Å²) >= 11 is 12.0. The largest absolute Gasteiger partial charge is 0.479 e. The zero-order chi connectivity index (χ0) is 15.1. The number of aliphatic carboxylic acids is 1. The number of rotatable bonds is 3. The van der Waals surface area contributed by atoms with Gasteiger partial charge in [0.25, 0.3) is 0 Å². The minimum absolute atomic E-state index is 0.0750. The summed E-state index contributed by atoms with van der Waals surface area (Å²) in [6.07, 6.45) is 0.643. The molecule has 1 amide bonds. The lowest BCUT2D eigenvalue weighted by atomic mass is 9.97. The highest BCUT2D eigenvalue weighted by Crippen LogP contribution is 2.40. The highest BCUT2D eigenvalue weighted by molar-refractivity contribution is 6.34. The van der Waals surface area contributed by atoms with Crippen molar-refractivity contribution in [3.63, 3.8) is 0 Å². The summed E-state index contributed by atoms with van der Waals surface area (Å²) in [5, 5.41) is 10.2. The van der Waals surface area contributed by atoms with Gasteiger partial charge in [-0.05, 0) is 36.6 Å². The number of carboxylic acid groups (broad SMARTS) is 1. The van der Waals surface area contributed by atoms with Crippen LogP contribution >= 0.6 is 23.2 Å². The summed E-state index contributed by atoms with van der Waals surface area (Å²) < 4.78 is 5.23. The van der Waals surface area contributed by atoms with Crippen LogP contribution in [0.1, 0.15) is 24.4 Å². The van der Waals surface area contributed by atoms with Crippen molar-refractivity contribution in [1.82, 2.24) is 4.90 Å². The summed E-state index contributed by atoms with van der Waals surface area (Å²) in [6, 6.07) is 4.20. The number of nitrogens with zero attached hydrogens (tertiary/aromatic N) is 1. The highest BCUT2D eigenvalue weighted by Gasteiger charge is 2.47. The van der Waals surface area contributed by atoms with E-state index in [0.29, 0.717) is 15.6 Å². The van der Waals surface area contributed by atoms with Crippen molar-refractivity contribution in [3.8, 4) is 0 Å². The van der Waals surface area contributed by atoms with Gasteiger partial charge in [-0.25, -0.2) is 4.79 Å². The number of carbonyl (C=O) groups excluding carboxylic acids is 1. The second kappa shape index (κ2) is 5.48. The maximum absolute atomic E-state index is 12.1. The molecule has 21 heavy (non-hydrogen) atoms. The van der Waals surface area contributed by atoms with Gasteiger partial charge in [-0.2, -0.15) is 0 Å². The summed E-state index contributed by atoms with van der Waals surface area (Å²) in [5.41, 5.74) is 0.583. The first kappa shape index (κ1) is 14.6. The van der Waals surface area contributed by atoms with E-state index in [-0.39, 0.29) is 18.6 Å². The first-order chi connectivity index (χ1) is 9.97. The van der Waals surface area contributed by atoms with Crippen LogP contribution in [0, 0.1) is 0 Å². The number of hydrogen-bond acceptors (Lipinski definition) is 3. The topological polar surface area (TPSA) is 66.8 Å². The zero-order valence-electron chi connectivity index (χ0n) is 11.0. The molecule has 1 N–H and O–H groups in total. The van der Waals surface area contributed by atoms with Crippen molar-refractivity contribution in [3.05, 3.63) is 33.8 Å². The molecule has 0 spiro atoms. The van der Waals surface area contributed by atoms with Gasteiger partial charge in [-0.3, -0.25) is 4.79 Å². The van der Waals surface area contributed by atoms with Gasteiger partial charge in [0, 0.05) is 16.1 Å². The number of carboxylic acids is 1. The number of ether oxygens (including phenoxy) is 1. The van der Waals surface area contributed by atoms with Crippen LogP contribution in [0.15, 0.2) is 18.2 Å². The fourth-order valence-corrected chi connectivity index (χ4v) is 3.24. The molecule has 2 atom stereocenters. The zero-order valence-corrected chi connectivity index (χ0v) is 12.5. The van der Waals surface area contributed by atoms with Crippen molar-refractivity contribution in [2.45, 2.75) is 31.0 Å². The van der Waals surface area contributed by atoms with Gasteiger partial charge >= 0.3 is 5.97 Å². The number of benzene rings is 1. The van der Waals surface area contributed by atoms with Crippen LogP contribution < -0.4 is 0 Å². The van der Waals surface area contributed by atoms with Crippen molar-refractivity contribution < 1.29 is 19.4 Å². The van der Waals surface area contributed by atoms with Crippen molar-refractivity contribution in [1.29, 1.82) is 0 Å². The molecule has 2 fully saturated rings. The van der Waals surface area contributed by atoms with Gasteiger partial charge in [-0.15, -0.1) is 0 Å². The van der Waals surface area contributed by atoms with Gasteiger partial charge in [-0.1, -0.05) is 23.2 Å². The fraction of sp³-hybridized carbons (Fsp3) is 0.429. The Morgan fingerprint density at radius 2 is 1.86 bits per heavy atom. The molecule has 0 bridgehead atoms. The second-order valence-electron chi connectivity index (χ2n) is 5.25. The molecule has 112 valence electrons. The Hall–Kier alpha value is -1.30. The predicted molar refractivity (Wildman–Crippen MR) is 76.4 cm³/mol. The van der Waals surface area contributed by atoms with E-state index in [0.717, 1.165) is 12.8 Å². The van der Waals surface area contributed by atoms with E-state index in [1.807, 2.05) is 0 Å². The molecule has 2 unspecified atom stereocenters. The smallest absolute Gasteiger partial charge is 0.335 e. The van der Waals surface area contributed by atoms with E-state index >= 15 is 0 Å². The van der Waals surface area contributed by atoms with E-state index in [9.17, 15) is 14.7 Å². The summed E-state index contributed by atoms with van der Waals surface area (Å²) in [7, 11) is 0. The number of amides is 1. The number of hydrogen-bond donors (Lipinski definition) is 1. The minimum atomic E-state index is -1.11. The molecular formula is C14H13Cl2NO4. The third-order valence-electron chi connectivity index (χ3n) is 3.67. The molecule has 1 heterocycles. The summed E-state index contributed by atoms with van der Waals surface area (Å²) in [5.74, 6) is -1.30. The molecule has 0 aromatic heterocycles. The Morgan fingerprint density at radius 1 is 1.24 bits per heavy atom. The normalized spacial score (nSPS) is 26.0. The molecule has 2 aliphatic rings. The van der Waals surface area contributed by atoms with E-state index in [4.69, 9.17) is 27.9 Å². The van der Waals surface area contributed by atoms with Crippen LogP contribution in [0.5, 0.6) is 0 Å². The average molecular weight is 330 g/mol. The fourth-order valence-electron chi connectivity index (χ4n) is 2.70. The Balaban J connectivity index is 2.05. The Kier molecular flexibility index (Phi) is 3.82.